The molecule has 8 heteroatoms. The van der Waals surface area contributed by atoms with Gasteiger partial charge in [-0.05, 0) is 63.7 Å². The second-order valence-corrected chi connectivity index (χ2v) is 8.66. The van der Waals surface area contributed by atoms with Crippen LogP contribution in [0.25, 0.3) is 5.69 Å². The van der Waals surface area contributed by atoms with Crippen molar-refractivity contribution in [3.8, 4) is 17.2 Å². The topological polar surface area (TPSA) is 81.5 Å². The molecule has 174 valence electrons. The van der Waals surface area contributed by atoms with Crippen LogP contribution in [0.1, 0.15) is 46.1 Å². The van der Waals surface area contributed by atoms with Crippen LogP contribution >= 0.6 is 0 Å². The van der Waals surface area contributed by atoms with Crippen molar-refractivity contribution in [2.45, 2.75) is 32.2 Å². The van der Waals surface area contributed by atoms with Gasteiger partial charge in [-0.15, -0.1) is 5.10 Å². The van der Waals surface area contributed by atoms with Crippen LogP contribution in [-0.2, 0) is 6.54 Å². The van der Waals surface area contributed by atoms with Crippen molar-refractivity contribution in [2.75, 3.05) is 34.4 Å². The van der Waals surface area contributed by atoms with Gasteiger partial charge < -0.3 is 19.7 Å². The molecule has 0 unspecified atom stereocenters. The molecule has 4 rings (SSSR count). The summed E-state index contributed by atoms with van der Waals surface area (Å²) < 4.78 is 13.1. The third-order valence-corrected chi connectivity index (χ3v) is 5.64. The lowest BCUT2D eigenvalue weighted by molar-refractivity contribution is 0.0944. The lowest BCUT2D eigenvalue weighted by atomic mass is 10.1. The van der Waals surface area contributed by atoms with E-state index in [0.717, 1.165) is 36.3 Å². The average molecular weight is 450 g/mol. The maximum Gasteiger partial charge on any atom is 0.274 e. The molecular formula is C25H31N5O3. The molecule has 1 heterocycles. The fraction of sp³-hybridized carbons (Fsp3) is 0.400. The molecule has 1 N–H and O–H groups in total. The molecule has 1 fully saturated rings. The molecule has 1 aromatic heterocycles. The van der Waals surface area contributed by atoms with Gasteiger partial charge in [-0.3, -0.25) is 4.79 Å². The molecule has 3 aromatic rings. The number of amides is 1. The van der Waals surface area contributed by atoms with E-state index in [1.807, 2.05) is 63.5 Å². The highest BCUT2D eigenvalue weighted by molar-refractivity contribution is 5.93. The summed E-state index contributed by atoms with van der Waals surface area (Å²) in [6.45, 7) is 3.78. The zero-order chi connectivity index (χ0) is 23.4. The Bertz CT molecular complexity index is 1100. The Hall–Kier alpha value is -3.39. The van der Waals surface area contributed by atoms with Gasteiger partial charge in [0.25, 0.3) is 5.91 Å². The zero-order valence-electron chi connectivity index (χ0n) is 19.7. The van der Waals surface area contributed by atoms with E-state index >= 15 is 0 Å². The minimum atomic E-state index is -0.222. The van der Waals surface area contributed by atoms with Gasteiger partial charge >= 0.3 is 0 Å². The van der Waals surface area contributed by atoms with Crippen molar-refractivity contribution in [1.29, 1.82) is 0 Å². The number of carbonyl (C=O) groups is 1. The van der Waals surface area contributed by atoms with E-state index in [2.05, 4.69) is 20.5 Å². The van der Waals surface area contributed by atoms with Crippen LogP contribution in [0.5, 0.6) is 11.5 Å². The van der Waals surface area contributed by atoms with E-state index in [4.69, 9.17) is 9.47 Å². The zero-order valence-corrected chi connectivity index (χ0v) is 19.7. The van der Waals surface area contributed by atoms with E-state index in [0.29, 0.717) is 36.3 Å². The van der Waals surface area contributed by atoms with E-state index in [1.165, 1.54) is 5.56 Å². The highest BCUT2D eigenvalue weighted by atomic mass is 16.5. The van der Waals surface area contributed by atoms with Crippen molar-refractivity contribution in [3.05, 3.63) is 65.0 Å². The molecule has 1 aliphatic carbocycles. The Labute approximate surface area is 194 Å². The van der Waals surface area contributed by atoms with Crippen LogP contribution in [0.4, 0.5) is 0 Å². The Morgan fingerprint density at radius 1 is 1.15 bits per heavy atom. The van der Waals surface area contributed by atoms with Gasteiger partial charge in [0, 0.05) is 19.0 Å². The summed E-state index contributed by atoms with van der Waals surface area (Å²) in [5.41, 5.74) is 4.30. The van der Waals surface area contributed by atoms with Gasteiger partial charge in [-0.2, -0.15) is 0 Å². The average Bonchev–Trinajstić information content (AvgIpc) is 3.56. The molecule has 8 nitrogen and oxygen atoms in total. The maximum absolute atomic E-state index is 13.0. The number of carbonyl (C=O) groups excluding carboxylic acids is 1. The molecule has 1 amide bonds. The van der Waals surface area contributed by atoms with E-state index in [1.54, 1.807) is 11.8 Å². The smallest absolute Gasteiger partial charge is 0.274 e. The lowest BCUT2D eigenvalue weighted by Crippen LogP contribution is -2.24. The standard InChI is InChI=1S/C25H31N5O3/c1-17-5-10-20(11-6-17)30-24(19-8-9-19)23(27-28-30)25(31)26-16-18-7-12-21(22(15-18)32-4)33-14-13-29(2)3/h5-7,10-12,15,19H,8-9,13-14,16H2,1-4H3,(H,26,31). The van der Waals surface area contributed by atoms with E-state index < -0.39 is 0 Å². The Balaban J connectivity index is 1.45. The van der Waals surface area contributed by atoms with Crippen LogP contribution in [0.3, 0.4) is 0 Å². The number of nitrogens with zero attached hydrogens (tertiary/aromatic N) is 4. The lowest BCUT2D eigenvalue weighted by Gasteiger charge is -2.14. The molecule has 0 saturated heterocycles. The first-order valence-electron chi connectivity index (χ1n) is 11.2. The predicted molar refractivity (Wildman–Crippen MR) is 126 cm³/mol. The van der Waals surface area contributed by atoms with Crippen molar-refractivity contribution < 1.29 is 14.3 Å². The molecular weight excluding hydrogens is 418 g/mol. The number of hydrogen-bond donors (Lipinski definition) is 1. The number of ether oxygens (including phenoxy) is 2. The van der Waals surface area contributed by atoms with E-state index in [9.17, 15) is 4.79 Å². The molecule has 1 saturated carbocycles. The summed E-state index contributed by atoms with van der Waals surface area (Å²) in [6, 6.07) is 13.8. The van der Waals surface area contributed by atoms with Crippen molar-refractivity contribution in [1.82, 2.24) is 25.2 Å². The minimum absolute atomic E-state index is 0.222. The summed E-state index contributed by atoms with van der Waals surface area (Å²) in [5, 5.41) is 11.5. The monoisotopic (exact) mass is 449 g/mol. The third-order valence-electron chi connectivity index (χ3n) is 5.64. The Morgan fingerprint density at radius 2 is 1.91 bits per heavy atom. The van der Waals surface area contributed by atoms with Crippen molar-refractivity contribution in [3.63, 3.8) is 0 Å². The molecule has 0 bridgehead atoms. The fourth-order valence-electron chi connectivity index (χ4n) is 3.60. The summed E-state index contributed by atoms with van der Waals surface area (Å²) in [6.07, 6.45) is 2.10. The Kier molecular flexibility index (Phi) is 6.93. The van der Waals surface area contributed by atoms with Crippen LogP contribution in [0, 0.1) is 6.92 Å². The van der Waals surface area contributed by atoms with Crippen LogP contribution in [0.15, 0.2) is 42.5 Å². The summed E-state index contributed by atoms with van der Waals surface area (Å²) in [4.78, 5) is 15.1. The number of likely N-dealkylation sites (N-methyl/N-ethyl adjacent to an activating group) is 1. The fourth-order valence-corrected chi connectivity index (χ4v) is 3.60. The van der Waals surface area contributed by atoms with E-state index in [-0.39, 0.29) is 5.91 Å². The second kappa shape index (κ2) is 10.0. The number of hydrogen-bond acceptors (Lipinski definition) is 6. The molecule has 0 atom stereocenters. The molecule has 0 spiro atoms. The minimum Gasteiger partial charge on any atom is -0.493 e. The van der Waals surface area contributed by atoms with Crippen molar-refractivity contribution in [2.24, 2.45) is 0 Å². The number of nitrogens with one attached hydrogen (secondary N) is 1. The van der Waals surface area contributed by atoms with Crippen LogP contribution < -0.4 is 14.8 Å². The largest absolute Gasteiger partial charge is 0.493 e. The summed E-state index contributed by atoms with van der Waals surface area (Å²) in [5.74, 6) is 1.43. The second-order valence-electron chi connectivity index (χ2n) is 8.66. The number of methoxy groups -OCH3 is 1. The van der Waals surface area contributed by atoms with Crippen molar-refractivity contribution >= 4 is 5.91 Å². The highest BCUT2D eigenvalue weighted by Crippen LogP contribution is 2.42. The predicted octanol–water partition coefficient (Wildman–Crippen LogP) is 3.33. The van der Waals surface area contributed by atoms with Crippen LogP contribution in [-0.4, -0.2) is 60.2 Å². The first-order chi connectivity index (χ1) is 16.0. The normalized spacial score (nSPS) is 13.2. The number of benzene rings is 2. The molecule has 2 aromatic carbocycles. The molecule has 0 aliphatic heterocycles. The number of aryl methyl sites for hydroxylation is 1. The number of aromatic nitrogens is 3. The van der Waals surface area contributed by atoms with Gasteiger partial charge in [0.1, 0.15) is 6.61 Å². The molecule has 33 heavy (non-hydrogen) atoms. The summed E-state index contributed by atoms with van der Waals surface area (Å²) >= 11 is 0. The van der Waals surface area contributed by atoms with Crippen LogP contribution in [0.2, 0.25) is 0 Å². The maximum atomic E-state index is 13.0. The third kappa shape index (κ3) is 5.51. The molecule has 1 aliphatic rings. The number of rotatable bonds is 10. The first-order valence-corrected chi connectivity index (χ1v) is 11.2. The van der Waals surface area contributed by atoms with Gasteiger partial charge in [0.15, 0.2) is 17.2 Å². The van der Waals surface area contributed by atoms with Gasteiger partial charge in [0.05, 0.1) is 18.5 Å². The van der Waals surface area contributed by atoms with Gasteiger partial charge in [-0.25, -0.2) is 4.68 Å². The first kappa shape index (κ1) is 22.8. The van der Waals surface area contributed by atoms with Gasteiger partial charge in [0.2, 0.25) is 0 Å². The SMILES string of the molecule is COc1cc(CNC(=O)c2nnn(-c3ccc(C)cc3)c2C2CC2)ccc1OCCN(C)C. The Morgan fingerprint density at radius 3 is 2.58 bits per heavy atom. The van der Waals surface area contributed by atoms with Gasteiger partial charge in [-0.1, -0.05) is 29.0 Å². The highest BCUT2D eigenvalue weighted by Gasteiger charge is 2.34. The molecule has 0 radical (unpaired) electrons. The summed E-state index contributed by atoms with van der Waals surface area (Å²) in [7, 11) is 5.61. The quantitative estimate of drug-likeness (QED) is 0.511.